The minimum Gasteiger partial charge on any atom is -0.446 e. The molecule has 0 fully saturated rings. The van der Waals surface area contributed by atoms with E-state index >= 15 is 0 Å². The highest BCUT2D eigenvalue weighted by atomic mass is 16.4. The van der Waals surface area contributed by atoms with Gasteiger partial charge in [0.1, 0.15) is 5.76 Å². The Morgan fingerprint density at radius 1 is 1.43 bits per heavy atom. The number of oxazole rings is 1. The van der Waals surface area contributed by atoms with E-state index in [4.69, 9.17) is 4.42 Å². The molecule has 14 heavy (non-hydrogen) atoms. The summed E-state index contributed by atoms with van der Waals surface area (Å²) < 4.78 is 5.50. The van der Waals surface area contributed by atoms with Crippen molar-refractivity contribution in [3.05, 3.63) is 17.8 Å². The van der Waals surface area contributed by atoms with Crippen LogP contribution in [0.1, 0.15) is 39.3 Å². The molecule has 0 unspecified atom stereocenters. The van der Waals surface area contributed by atoms with Crippen molar-refractivity contribution in [3.8, 4) is 0 Å². The van der Waals surface area contributed by atoms with Gasteiger partial charge in [0, 0.05) is 24.9 Å². The Kier molecular flexibility index (Phi) is 3.69. The van der Waals surface area contributed by atoms with Crippen LogP contribution in [0.25, 0.3) is 0 Å². The fourth-order valence-electron chi connectivity index (χ4n) is 1.17. The van der Waals surface area contributed by atoms with Crippen LogP contribution in [0.2, 0.25) is 0 Å². The molecule has 0 spiro atoms. The molecule has 1 N–H and O–H groups in total. The summed E-state index contributed by atoms with van der Waals surface area (Å²) in [6, 6.07) is 0. The van der Waals surface area contributed by atoms with Gasteiger partial charge in [-0.05, 0) is 20.8 Å². The molecule has 0 saturated carbocycles. The highest BCUT2D eigenvalue weighted by Crippen LogP contribution is 2.05. The molecule has 1 aromatic rings. The second kappa shape index (κ2) is 4.60. The number of aryl methyl sites for hydroxylation is 1. The molecule has 0 saturated heterocycles. The second-order valence-electron chi connectivity index (χ2n) is 4.50. The first-order valence-electron chi connectivity index (χ1n) is 5.20. The lowest BCUT2D eigenvalue weighted by atomic mass is 10.1. The fourth-order valence-corrected chi connectivity index (χ4v) is 1.17. The summed E-state index contributed by atoms with van der Waals surface area (Å²) in [5.41, 5.74) is 0.167. The zero-order chi connectivity index (χ0) is 10.6. The van der Waals surface area contributed by atoms with E-state index in [2.05, 4.69) is 38.0 Å². The molecular formula is C11H20N2O. The zero-order valence-corrected chi connectivity index (χ0v) is 9.55. The summed E-state index contributed by atoms with van der Waals surface area (Å²) in [4.78, 5) is 4.20. The Hall–Kier alpha value is -0.830. The van der Waals surface area contributed by atoms with E-state index in [1.165, 1.54) is 0 Å². The third kappa shape index (κ3) is 3.92. The summed E-state index contributed by atoms with van der Waals surface area (Å²) >= 11 is 0. The van der Waals surface area contributed by atoms with Gasteiger partial charge in [-0.25, -0.2) is 4.98 Å². The van der Waals surface area contributed by atoms with Crippen molar-refractivity contribution < 1.29 is 4.42 Å². The van der Waals surface area contributed by atoms with Crippen molar-refractivity contribution in [2.75, 3.05) is 6.54 Å². The molecular weight excluding hydrogens is 176 g/mol. The van der Waals surface area contributed by atoms with Crippen molar-refractivity contribution in [1.29, 1.82) is 0 Å². The number of nitrogens with zero attached hydrogens (tertiary/aromatic N) is 1. The summed E-state index contributed by atoms with van der Waals surface area (Å²) in [7, 11) is 0. The summed E-state index contributed by atoms with van der Waals surface area (Å²) in [6.45, 7) is 9.44. The number of aromatic nitrogens is 1. The molecule has 0 aromatic carbocycles. The molecule has 1 heterocycles. The summed E-state index contributed by atoms with van der Waals surface area (Å²) in [6.07, 6.45) is 3.59. The minimum atomic E-state index is 0.167. The molecule has 3 nitrogen and oxygen atoms in total. The fraction of sp³-hybridized carbons (Fsp3) is 0.727. The van der Waals surface area contributed by atoms with E-state index in [1.807, 2.05) is 6.20 Å². The van der Waals surface area contributed by atoms with E-state index in [0.717, 1.165) is 31.0 Å². The van der Waals surface area contributed by atoms with Gasteiger partial charge >= 0.3 is 0 Å². The normalized spacial score (nSPS) is 12.0. The molecule has 0 bridgehead atoms. The van der Waals surface area contributed by atoms with Gasteiger partial charge in [0.05, 0.1) is 6.20 Å². The van der Waals surface area contributed by atoms with Gasteiger partial charge in [-0.3, -0.25) is 0 Å². The zero-order valence-electron chi connectivity index (χ0n) is 9.55. The first kappa shape index (κ1) is 11.2. The Balaban J connectivity index is 2.31. The number of hydrogen-bond donors (Lipinski definition) is 1. The smallest absolute Gasteiger partial charge is 0.195 e. The predicted octanol–water partition coefficient (Wildman–Crippen LogP) is 2.17. The van der Waals surface area contributed by atoms with Crippen molar-refractivity contribution in [2.45, 2.75) is 46.1 Å². The van der Waals surface area contributed by atoms with E-state index < -0.39 is 0 Å². The van der Waals surface area contributed by atoms with E-state index in [0.29, 0.717) is 0 Å². The van der Waals surface area contributed by atoms with Crippen molar-refractivity contribution in [3.63, 3.8) is 0 Å². The quantitative estimate of drug-likeness (QED) is 0.802. The van der Waals surface area contributed by atoms with Crippen LogP contribution in [0.15, 0.2) is 10.6 Å². The minimum absolute atomic E-state index is 0.167. The van der Waals surface area contributed by atoms with Gasteiger partial charge in [-0.1, -0.05) is 6.92 Å². The summed E-state index contributed by atoms with van der Waals surface area (Å²) in [5.74, 6) is 1.80. The molecule has 1 aromatic heterocycles. The first-order valence-corrected chi connectivity index (χ1v) is 5.20. The van der Waals surface area contributed by atoms with Crippen molar-refractivity contribution >= 4 is 0 Å². The van der Waals surface area contributed by atoms with Crippen LogP contribution in [-0.2, 0) is 12.8 Å². The average Bonchev–Trinajstić information content (AvgIpc) is 2.50. The van der Waals surface area contributed by atoms with Gasteiger partial charge in [0.2, 0.25) is 0 Å². The molecule has 0 amide bonds. The number of rotatable bonds is 4. The molecule has 0 radical (unpaired) electrons. The lowest BCUT2D eigenvalue weighted by molar-refractivity contribution is 0.403. The lowest BCUT2D eigenvalue weighted by Crippen LogP contribution is -2.37. The third-order valence-corrected chi connectivity index (χ3v) is 1.94. The monoisotopic (exact) mass is 196 g/mol. The second-order valence-corrected chi connectivity index (χ2v) is 4.50. The molecule has 1 rings (SSSR count). The molecule has 0 aliphatic rings. The standard InChI is InChI=1S/C11H20N2O/c1-5-9-8-12-10(14-9)6-7-13-11(2,3)4/h8,13H,5-7H2,1-4H3. The van der Waals surface area contributed by atoms with Crippen LogP contribution in [-0.4, -0.2) is 17.1 Å². The first-order chi connectivity index (χ1) is 6.51. The summed E-state index contributed by atoms with van der Waals surface area (Å²) in [5, 5.41) is 3.40. The average molecular weight is 196 g/mol. The van der Waals surface area contributed by atoms with E-state index in [1.54, 1.807) is 0 Å². The maximum absolute atomic E-state index is 5.50. The Labute approximate surface area is 85.9 Å². The van der Waals surface area contributed by atoms with E-state index in [-0.39, 0.29) is 5.54 Å². The molecule has 3 heteroatoms. The Bertz CT molecular complexity index is 273. The number of hydrogen-bond acceptors (Lipinski definition) is 3. The lowest BCUT2D eigenvalue weighted by Gasteiger charge is -2.19. The van der Waals surface area contributed by atoms with Crippen LogP contribution in [0, 0.1) is 0 Å². The van der Waals surface area contributed by atoms with Crippen LogP contribution in [0.3, 0.4) is 0 Å². The topological polar surface area (TPSA) is 38.1 Å². The predicted molar refractivity (Wildman–Crippen MR) is 57.3 cm³/mol. The van der Waals surface area contributed by atoms with Crippen LogP contribution < -0.4 is 5.32 Å². The maximum atomic E-state index is 5.50. The molecule has 0 atom stereocenters. The van der Waals surface area contributed by atoms with Gasteiger partial charge in [-0.2, -0.15) is 0 Å². The van der Waals surface area contributed by atoms with Gasteiger partial charge < -0.3 is 9.73 Å². The Morgan fingerprint density at radius 3 is 2.64 bits per heavy atom. The third-order valence-electron chi connectivity index (χ3n) is 1.94. The molecule has 0 aliphatic carbocycles. The van der Waals surface area contributed by atoms with E-state index in [9.17, 15) is 0 Å². The van der Waals surface area contributed by atoms with Gasteiger partial charge in [0.15, 0.2) is 5.89 Å². The highest BCUT2D eigenvalue weighted by molar-refractivity contribution is 4.94. The maximum Gasteiger partial charge on any atom is 0.195 e. The van der Waals surface area contributed by atoms with Crippen molar-refractivity contribution in [2.24, 2.45) is 0 Å². The van der Waals surface area contributed by atoms with Crippen LogP contribution >= 0.6 is 0 Å². The van der Waals surface area contributed by atoms with Gasteiger partial charge in [-0.15, -0.1) is 0 Å². The molecule has 0 aliphatic heterocycles. The highest BCUT2D eigenvalue weighted by Gasteiger charge is 2.09. The van der Waals surface area contributed by atoms with Crippen molar-refractivity contribution in [1.82, 2.24) is 10.3 Å². The SMILES string of the molecule is CCc1cnc(CCNC(C)(C)C)o1. The largest absolute Gasteiger partial charge is 0.446 e. The van der Waals surface area contributed by atoms with Gasteiger partial charge in [0.25, 0.3) is 0 Å². The Morgan fingerprint density at radius 2 is 2.14 bits per heavy atom. The van der Waals surface area contributed by atoms with Crippen LogP contribution in [0.5, 0.6) is 0 Å². The number of nitrogens with one attached hydrogen (secondary N) is 1. The van der Waals surface area contributed by atoms with Crippen LogP contribution in [0.4, 0.5) is 0 Å². The molecule has 80 valence electrons.